The van der Waals surface area contributed by atoms with Crippen molar-refractivity contribution in [2.24, 2.45) is 5.92 Å². The van der Waals surface area contributed by atoms with E-state index in [0.717, 1.165) is 12.5 Å². The van der Waals surface area contributed by atoms with Gasteiger partial charge in [0.05, 0.1) is 19.1 Å². The fourth-order valence-corrected chi connectivity index (χ4v) is 3.49. The number of ether oxygens (including phenoxy) is 1. The Morgan fingerprint density at radius 2 is 1.72 bits per heavy atom. The molecule has 25 heavy (non-hydrogen) atoms. The lowest BCUT2D eigenvalue weighted by molar-refractivity contribution is -0.906. The first-order valence-electron chi connectivity index (χ1n) is 9.02. The number of likely N-dealkylation sites (tertiary alicyclic amines) is 1. The van der Waals surface area contributed by atoms with Gasteiger partial charge in [-0.05, 0) is 60.6 Å². The molecule has 0 bridgehead atoms. The molecule has 2 aromatic carbocycles. The zero-order valence-electron chi connectivity index (χ0n) is 14.4. The number of hydrogen-bond donors (Lipinski definition) is 1. The van der Waals surface area contributed by atoms with Crippen molar-refractivity contribution in [3.63, 3.8) is 0 Å². The number of aromatic carboxylic acids is 1. The lowest BCUT2D eigenvalue weighted by atomic mass is 9.90. The van der Waals surface area contributed by atoms with Crippen LogP contribution in [-0.4, -0.2) is 32.2 Å². The van der Waals surface area contributed by atoms with E-state index < -0.39 is 5.97 Å². The van der Waals surface area contributed by atoms with Gasteiger partial charge in [-0.1, -0.05) is 30.3 Å². The second-order valence-corrected chi connectivity index (χ2v) is 6.79. The maximum atomic E-state index is 10.7. The molecule has 4 nitrogen and oxygen atoms in total. The molecule has 0 amide bonds. The number of carbonyl (C=O) groups is 1. The monoisotopic (exact) mass is 339 g/mol. The average Bonchev–Trinajstić information content (AvgIpc) is 2.64. The summed E-state index contributed by atoms with van der Waals surface area (Å²) in [6, 6.07) is 17.2. The fourth-order valence-electron chi connectivity index (χ4n) is 3.49. The second kappa shape index (κ2) is 8.67. The minimum absolute atomic E-state index is 0.179. The van der Waals surface area contributed by atoms with Crippen LogP contribution in [0.4, 0.5) is 0 Å². The summed E-state index contributed by atoms with van der Waals surface area (Å²) in [5.74, 6) is 0.349. The van der Waals surface area contributed by atoms with E-state index in [4.69, 9.17) is 4.74 Å². The summed E-state index contributed by atoms with van der Waals surface area (Å²) in [4.78, 5) is 12.3. The van der Waals surface area contributed by atoms with E-state index in [1.807, 2.05) is 0 Å². The van der Waals surface area contributed by atoms with Crippen molar-refractivity contribution in [2.45, 2.75) is 19.3 Å². The molecule has 0 spiro atoms. The van der Waals surface area contributed by atoms with Crippen LogP contribution in [0.1, 0.15) is 28.8 Å². The highest BCUT2D eigenvalue weighted by atomic mass is 16.5. The van der Waals surface area contributed by atoms with E-state index in [9.17, 15) is 9.90 Å². The smallest absolute Gasteiger partial charge is 0.137 e. The van der Waals surface area contributed by atoms with Crippen LogP contribution in [-0.2, 0) is 6.42 Å². The standard InChI is InChI=1S/C21H25NO3/c23-21(24)19-6-8-20(9-7-19)25-15-14-22-12-10-18(11-13-22)16-17-4-2-1-3-5-17/h1-9,18H,10-16H2,(H,23,24). The molecule has 4 heteroatoms. The molecular weight excluding hydrogens is 314 g/mol. The minimum Gasteiger partial charge on any atom is -0.545 e. The largest absolute Gasteiger partial charge is 0.545 e. The molecule has 132 valence electrons. The predicted molar refractivity (Wildman–Crippen MR) is 94.7 cm³/mol. The van der Waals surface area contributed by atoms with Crippen LogP contribution < -0.4 is 14.7 Å². The zero-order chi connectivity index (χ0) is 17.5. The van der Waals surface area contributed by atoms with Crippen molar-refractivity contribution in [2.75, 3.05) is 26.2 Å². The molecule has 0 saturated carbocycles. The van der Waals surface area contributed by atoms with E-state index in [1.165, 1.54) is 50.0 Å². The SMILES string of the molecule is O=C([O-])c1ccc(OCC[NH+]2CCC(Cc3ccccc3)CC2)cc1. The molecule has 0 atom stereocenters. The highest BCUT2D eigenvalue weighted by Crippen LogP contribution is 2.16. The third-order valence-electron chi connectivity index (χ3n) is 4.99. The highest BCUT2D eigenvalue weighted by molar-refractivity contribution is 5.85. The molecule has 1 N–H and O–H groups in total. The van der Waals surface area contributed by atoms with Crippen LogP contribution in [0.15, 0.2) is 54.6 Å². The van der Waals surface area contributed by atoms with Gasteiger partial charge in [0.15, 0.2) is 0 Å². The summed E-state index contributed by atoms with van der Waals surface area (Å²) in [5.41, 5.74) is 1.62. The Bertz CT molecular complexity index is 661. The van der Waals surface area contributed by atoms with Gasteiger partial charge < -0.3 is 19.5 Å². The molecule has 0 aromatic heterocycles. The van der Waals surface area contributed by atoms with E-state index in [1.54, 1.807) is 17.0 Å². The highest BCUT2D eigenvalue weighted by Gasteiger charge is 2.22. The first-order valence-corrected chi connectivity index (χ1v) is 9.02. The maximum absolute atomic E-state index is 10.7. The van der Waals surface area contributed by atoms with Crippen LogP contribution in [0.2, 0.25) is 0 Å². The van der Waals surface area contributed by atoms with Crippen molar-refractivity contribution in [3.05, 3.63) is 65.7 Å². The Kier molecular flexibility index (Phi) is 6.07. The Morgan fingerprint density at radius 1 is 1.04 bits per heavy atom. The van der Waals surface area contributed by atoms with Crippen molar-refractivity contribution >= 4 is 5.97 Å². The van der Waals surface area contributed by atoms with Gasteiger partial charge in [0.25, 0.3) is 0 Å². The molecule has 1 aliphatic heterocycles. The summed E-state index contributed by atoms with van der Waals surface area (Å²) in [6.45, 7) is 4.04. The fraction of sp³-hybridized carbons (Fsp3) is 0.381. The van der Waals surface area contributed by atoms with Crippen molar-refractivity contribution in [1.29, 1.82) is 0 Å². The first-order chi connectivity index (χ1) is 12.2. The molecule has 1 heterocycles. The number of rotatable bonds is 7. The van der Waals surface area contributed by atoms with Crippen molar-refractivity contribution in [3.8, 4) is 5.75 Å². The maximum Gasteiger partial charge on any atom is 0.137 e. The molecule has 1 saturated heterocycles. The van der Waals surface area contributed by atoms with Gasteiger partial charge >= 0.3 is 0 Å². The zero-order valence-corrected chi connectivity index (χ0v) is 14.4. The van der Waals surface area contributed by atoms with Gasteiger partial charge in [0.2, 0.25) is 0 Å². The summed E-state index contributed by atoms with van der Waals surface area (Å²) in [5, 5.41) is 10.7. The number of carboxylic acids is 1. The van der Waals surface area contributed by atoms with E-state index in [-0.39, 0.29) is 5.56 Å². The number of benzene rings is 2. The quantitative estimate of drug-likeness (QED) is 0.818. The minimum atomic E-state index is -1.16. The number of quaternary nitrogens is 1. The van der Waals surface area contributed by atoms with Crippen LogP contribution in [0.25, 0.3) is 0 Å². The Morgan fingerprint density at radius 3 is 2.36 bits per heavy atom. The number of piperidine rings is 1. The third kappa shape index (κ3) is 5.33. The molecule has 0 unspecified atom stereocenters. The van der Waals surface area contributed by atoms with Gasteiger partial charge in [-0.15, -0.1) is 0 Å². The van der Waals surface area contributed by atoms with Gasteiger partial charge in [0, 0.05) is 0 Å². The van der Waals surface area contributed by atoms with E-state index >= 15 is 0 Å². The van der Waals surface area contributed by atoms with Crippen LogP contribution in [0, 0.1) is 5.92 Å². The summed E-state index contributed by atoms with van der Waals surface area (Å²) >= 11 is 0. The number of carbonyl (C=O) groups excluding carboxylic acids is 1. The summed E-state index contributed by atoms with van der Waals surface area (Å²) in [6.07, 6.45) is 3.73. The predicted octanol–water partition coefficient (Wildman–Crippen LogP) is 0.967. The number of carboxylic acid groups (broad SMARTS) is 1. The molecule has 1 aliphatic rings. The Hall–Kier alpha value is -2.33. The Balaban J connectivity index is 1.36. The lowest BCUT2D eigenvalue weighted by Gasteiger charge is -2.29. The molecular formula is C21H25NO3. The van der Waals surface area contributed by atoms with Crippen LogP contribution >= 0.6 is 0 Å². The average molecular weight is 339 g/mol. The first kappa shape index (κ1) is 17.5. The van der Waals surface area contributed by atoms with E-state index in [0.29, 0.717) is 12.4 Å². The molecule has 1 fully saturated rings. The van der Waals surface area contributed by atoms with Gasteiger partial charge in [-0.2, -0.15) is 0 Å². The molecule has 2 aromatic rings. The number of hydrogen-bond acceptors (Lipinski definition) is 3. The molecule has 3 rings (SSSR count). The second-order valence-electron chi connectivity index (χ2n) is 6.79. The van der Waals surface area contributed by atoms with Gasteiger partial charge in [0.1, 0.15) is 18.9 Å². The normalized spacial score (nSPS) is 20.2. The van der Waals surface area contributed by atoms with E-state index in [2.05, 4.69) is 30.3 Å². The van der Waals surface area contributed by atoms with Crippen molar-refractivity contribution in [1.82, 2.24) is 0 Å². The Labute approximate surface area is 149 Å². The topological polar surface area (TPSA) is 53.8 Å². The number of nitrogens with one attached hydrogen (secondary N) is 1. The van der Waals surface area contributed by atoms with Gasteiger partial charge in [-0.3, -0.25) is 0 Å². The lowest BCUT2D eigenvalue weighted by Crippen LogP contribution is -3.13. The van der Waals surface area contributed by atoms with Crippen LogP contribution in [0.3, 0.4) is 0 Å². The van der Waals surface area contributed by atoms with Gasteiger partial charge in [-0.25, -0.2) is 0 Å². The molecule has 0 aliphatic carbocycles. The molecule has 0 radical (unpaired) electrons. The van der Waals surface area contributed by atoms with Crippen molar-refractivity contribution < 1.29 is 19.5 Å². The summed E-state index contributed by atoms with van der Waals surface area (Å²) < 4.78 is 5.73. The van der Waals surface area contributed by atoms with Crippen LogP contribution in [0.5, 0.6) is 5.75 Å². The third-order valence-corrected chi connectivity index (χ3v) is 4.99. The summed E-state index contributed by atoms with van der Waals surface area (Å²) in [7, 11) is 0.